The monoisotopic (exact) mass is 434 g/mol. The van der Waals surface area contributed by atoms with Crippen LogP contribution in [0.1, 0.15) is 149 Å². The lowest BCUT2D eigenvalue weighted by molar-refractivity contribution is 0.115. The first-order chi connectivity index (χ1) is 14.0. The van der Waals surface area contributed by atoms with Crippen molar-refractivity contribution in [3.05, 3.63) is 0 Å². The molecule has 0 aliphatic heterocycles. The molecule has 0 aliphatic carbocycles. The van der Waals surface area contributed by atoms with E-state index in [1.807, 2.05) is 0 Å². The molecule has 0 rings (SSSR count). The zero-order valence-electron chi connectivity index (χ0n) is 19.6. The first-order valence-corrected chi connectivity index (χ1v) is 14.3. The Kier molecular flexibility index (Phi) is 21.4. The normalized spacial score (nSPS) is 13.1. The number of hydrogen-bond acceptors (Lipinski definition) is 2. The smallest absolute Gasteiger partial charge is 0.303 e. The molecular weight excluding hydrogens is 383 g/mol. The fraction of sp³-hybridized carbons (Fsp3) is 1.00. The van der Waals surface area contributed by atoms with Crippen molar-refractivity contribution in [3.63, 3.8) is 0 Å². The molecule has 0 aromatic rings. The van der Waals surface area contributed by atoms with Gasteiger partial charge in [-0.05, 0) is 12.8 Å². The summed E-state index contributed by atoms with van der Waals surface area (Å²) >= 11 is 0. The first-order valence-electron chi connectivity index (χ1n) is 12.7. The number of unbranched alkanes of at least 4 members (excludes halogenated alkanes) is 17. The largest absolute Gasteiger partial charge is 0.469 e. The molecule has 0 fully saturated rings. The highest BCUT2D eigenvalue weighted by Crippen LogP contribution is 2.39. The lowest BCUT2D eigenvalue weighted by Gasteiger charge is -2.18. The lowest BCUT2D eigenvalue weighted by atomic mass is 10.0. The minimum Gasteiger partial charge on any atom is -0.303 e. The lowest BCUT2D eigenvalue weighted by Crippen LogP contribution is -2.11. The summed E-state index contributed by atoms with van der Waals surface area (Å²) in [6, 6.07) is 0. The van der Waals surface area contributed by atoms with Gasteiger partial charge in [-0.2, -0.15) is 0 Å². The first kappa shape index (κ1) is 29.1. The molecular formula is C24H51O4P. The van der Waals surface area contributed by atoms with Gasteiger partial charge in [0.2, 0.25) is 0 Å². The number of hydrogen-bond donors (Lipinski definition) is 2. The predicted molar refractivity (Wildman–Crippen MR) is 125 cm³/mol. The van der Waals surface area contributed by atoms with Gasteiger partial charge >= 0.3 is 7.82 Å². The van der Waals surface area contributed by atoms with Crippen LogP contribution in [0.15, 0.2) is 0 Å². The topological polar surface area (TPSA) is 66.8 Å². The summed E-state index contributed by atoms with van der Waals surface area (Å²) in [6.45, 7) is 4.47. The van der Waals surface area contributed by atoms with Crippen LogP contribution in [0.4, 0.5) is 0 Å². The van der Waals surface area contributed by atoms with E-state index in [2.05, 4.69) is 13.8 Å². The van der Waals surface area contributed by atoms with E-state index in [0.29, 0.717) is 0 Å². The Bertz CT molecular complexity index is 370. The standard InChI is InChI=1S/C24H51O4P/c1-3-5-7-9-11-12-13-14-15-16-17-19-21-23-24(28-29(25,26)27)22-20-18-10-8-6-4-2/h24H,3-23H2,1-2H3,(H2,25,26,27). The minimum absolute atomic E-state index is 0.283. The van der Waals surface area contributed by atoms with Crippen molar-refractivity contribution >= 4 is 7.82 Å². The van der Waals surface area contributed by atoms with Gasteiger partial charge in [0.05, 0.1) is 6.10 Å². The van der Waals surface area contributed by atoms with E-state index >= 15 is 0 Å². The van der Waals surface area contributed by atoms with Crippen LogP contribution in [-0.2, 0) is 9.09 Å². The average molecular weight is 435 g/mol. The van der Waals surface area contributed by atoms with Crippen molar-refractivity contribution in [1.82, 2.24) is 0 Å². The van der Waals surface area contributed by atoms with Crippen LogP contribution in [-0.4, -0.2) is 15.9 Å². The maximum atomic E-state index is 11.2. The second kappa shape index (κ2) is 21.3. The molecule has 2 N–H and O–H groups in total. The van der Waals surface area contributed by atoms with Gasteiger partial charge in [0.1, 0.15) is 0 Å². The molecule has 29 heavy (non-hydrogen) atoms. The zero-order valence-corrected chi connectivity index (χ0v) is 20.5. The van der Waals surface area contributed by atoms with Crippen molar-refractivity contribution in [2.45, 2.75) is 155 Å². The van der Waals surface area contributed by atoms with Crippen molar-refractivity contribution in [2.24, 2.45) is 0 Å². The summed E-state index contributed by atoms with van der Waals surface area (Å²) in [7, 11) is -4.37. The predicted octanol–water partition coefficient (Wildman–Crippen LogP) is 8.70. The highest BCUT2D eigenvalue weighted by atomic mass is 31.2. The third-order valence-electron chi connectivity index (χ3n) is 5.80. The van der Waals surface area contributed by atoms with Crippen LogP contribution in [0.2, 0.25) is 0 Å². The fourth-order valence-electron chi connectivity index (χ4n) is 3.99. The molecule has 176 valence electrons. The highest BCUT2D eigenvalue weighted by molar-refractivity contribution is 7.46. The summed E-state index contributed by atoms with van der Waals surface area (Å²) in [5.74, 6) is 0. The SMILES string of the molecule is CCCCCCCCCCCCCCCC(CCCCCCCC)OP(=O)(O)O. The van der Waals surface area contributed by atoms with E-state index in [1.165, 1.54) is 96.3 Å². The summed E-state index contributed by atoms with van der Waals surface area (Å²) in [5, 5.41) is 0. The summed E-state index contributed by atoms with van der Waals surface area (Å²) in [4.78, 5) is 18.3. The number of phosphoric acid groups is 1. The maximum Gasteiger partial charge on any atom is 0.469 e. The van der Waals surface area contributed by atoms with Gasteiger partial charge in [-0.15, -0.1) is 0 Å². The third kappa shape index (κ3) is 24.3. The average Bonchev–Trinajstić information content (AvgIpc) is 2.66. The molecule has 5 heteroatoms. The molecule has 0 spiro atoms. The Balaban J connectivity index is 3.63. The molecule has 0 bridgehead atoms. The van der Waals surface area contributed by atoms with Crippen molar-refractivity contribution < 1.29 is 18.9 Å². The van der Waals surface area contributed by atoms with Gasteiger partial charge < -0.3 is 9.79 Å². The van der Waals surface area contributed by atoms with E-state index in [0.717, 1.165) is 38.5 Å². The molecule has 1 unspecified atom stereocenters. The molecule has 0 aromatic carbocycles. The molecule has 0 amide bonds. The molecule has 4 nitrogen and oxygen atoms in total. The van der Waals surface area contributed by atoms with Gasteiger partial charge in [-0.1, -0.05) is 136 Å². The molecule has 0 aromatic heterocycles. The van der Waals surface area contributed by atoms with E-state index in [1.54, 1.807) is 0 Å². The van der Waals surface area contributed by atoms with Gasteiger partial charge in [-0.25, -0.2) is 4.57 Å². The molecule has 0 saturated heterocycles. The summed E-state index contributed by atoms with van der Waals surface area (Å²) in [5.41, 5.74) is 0. The van der Waals surface area contributed by atoms with Crippen LogP contribution in [0.3, 0.4) is 0 Å². The summed E-state index contributed by atoms with van der Waals surface area (Å²) in [6.07, 6.45) is 25.5. The van der Waals surface area contributed by atoms with Crippen molar-refractivity contribution in [1.29, 1.82) is 0 Å². The summed E-state index contributed by atoms with van der Waals surface area (Å²) < 4.78 is 16.3. The van der Waals surface area contributed by atoms with E-state index in [9.17, 15) is 4.57 Å². The van der Waals surface area contributed by atoms with Gasteiger partial charge in [0.15, 0.2) is 0 Å². The Morgan fingerprint density at radius 1 is 0.552 bits per heavy atom. The van der Waals surface area contributed by atoms with Crippen molar-refractivity contribution in [2.75, 3.05) is 0 Å². The van der Waals surface area contributed by atoms with E-state index < -0.39 is 7.82 Å². The number of phosphoric ester groups is 1. The quantitative estimate of drug-likeness (QED) is 0.125. The Morgan fingerprint density at radius 3 is 1.10 bits per heavy atom. The van der Waals surface area contributed by atoms with Crippen LogP contribution >= 0.6 is 7.82 Å². The van der Waals surface area contributed by atoms with Crippen molar-refractivity contribution in [3.8, 4) is 0 Å². The van der Waals surface area contributed by atoms with Crippen LogP contribution in [0, 0.1) is 0 Å². The molecule has 1 atom stereocenters. The molecule has 0 heterocycles. The molecule has 0 aliphatic rings. The van der Waals surface area contributed by atoms with E-state index in [-0.39, 0.29) is 6.10 Å². The maximum absolute atomic E-state index is 11.2. The Labute approximate surface area is 181 Å². The van der Waals surface area contributed by atoms with E-state index in [4.69, 9.17) is 14.3 Å². The van der Waals surface area contributed by atoms with Crippen LogP contribution in [0.25, 0.3) is 0 Å². The van der Waals surface area contributed by atoms with Crippen LogP contribution < -0.4 is 0 Å². The number of rotatable bonds is 23. The Hall–Kier alpha value is 0.110. The molecule has 0 saturated carbocycles. The van der Waals surface area contributed by atoms with Gasteiger partial charge in [0, 0.05) is 0 Å². The third-order valence-corrected chi connectivity index (χ3v) is 6.37. The second-order valence-electron chi connectivity index (χ2n) is 8.81. The molecule has 0 radical (unpaired) electrons. The fourth-order valence-corrected chi connectivity index (χ4v) is 4.59. The van der Waals surface area contributed by atoms with Gasteiger partial charge in [0.25, 0.3) is 0 Å². The minimum atomic E-state index is -4.37. The zero-order chi connectivity index (χ0) is 21.6. The Morgan fingerprint density at radius 2 is 0.828 bits per heavy atom. The van der Waals surface area contributed by atoms with Gasteiger partial charge in [-0.3, -0.25) is 4.52 Å². The second-order valence-corrected chi connectivity index (χ2v) is 10.00. The highest BCUT2D eigenvalue weighted by Gasteiger charge is 2.21. The van der Waals surface area contributed by atoms with Crippen LogP contribution in [0.5, 0.6) is 0 Å².